The lowest BCUT2D eigenvalue weighted by atomic mass is 10.1. The molecule has 0 spiro atoms. The van der Waals surface area contributed by atoms with Crippen molar-refractivity contribution in [3.05, 3.63) is 0 Å². The predicted molar refractivity (Wildman–Crippen MR) is 92.6 cm³/mol. The summed E-state index contributed by atoms with van der Waals surface area (Å²) in [6.07, 6.45) is 6.71. The minimum atomic E-state index is -0.477. The summed E-state index contributed by atoms with van der Waals surface area (Å²) in [5.74, 6) is -1.06. The van der Waals surface area contributed by atoms with E-state index in [0.717, 1.165) is 19.3 Å². The predicted octanol–water partition coefficient (Wildman–Crippen LogP) is 2.59. The average Bonchev–Trinajstić information content (AvgIpc) is 2.53. The quantitative estimate of drug-likeness (QED) is 0.356. The van der Waals surface area contributed by atoms with Gasteiger partial charge in [-0.2, -0.15) is 0 Å². The van der Waals surface area contributed by atoms with Crippen molar-refractivity contribution in [2.45, 2.75) is 59.3 Å². The molecule has 0 aromatic heterocycles. The second kappa shape index (κ2) is 14.0. The van der Waals surface area contributed by atoms with Gasteiger partial charge in [0.2, 0.25) is 0 Å². The number of ether oxygens (including phenoxy) is 2. The first-order chi connectivity index (χ1) is 11.4. The van der Waals surface area contributed by atoms with E-state index in [2.05, 4.69) is 11.7 Å². The Bertz CT molecular complexity index is 382. The number of Topliss-reactive ketones (excluding diaryl/α,β-unsaturated/α-hetero) is 1. The summed E-state index contributed by atoms with van der Waals surface area (Å²) >= 11 is 0. The highest BCUT2D eigenvalue weighted by atomic mass is 16.5. The molecule has 0 aliphatic rings. The summed E-state index contributed by atoms with van der Waals surface area (Å²) in [6, 6.07) is 0. The van der Waals surface area contributed by atoms with Gasteiger partial charge in [-0.05, 0) is 6.42 Å². The van der Waals surface area contributed by atoms with Gasteiger partial charge in [0.05, 0.1) is 33.4 Å². The summed E-state index contributed by atoms with van der Waals surface area (Å²) in [5, 5.41) is 0. The van der Waals surface area contributed by atoms with Crippen LogP contribution in [0.3, 0.4) is 0 Å². The molecule has 0 unspecified atom stereocenters. The first kappa shape index (κ1) is 22.6. The molecule has 0 aromatic carbocycles. The van der Waals surface area contributed by atoms with E-state index in [1.807, 2.05) is 0 Å². The lowest BCUT2D eigenvalue weighted by Crippen LogP contribution is -2.40. The van der Waals surface area contributed by atoms with Crippen LogP contribution in [0.2, 0.25) is 0 Å². The van der Waals surface area contributed by atoms with Crippen molar-refractivity contribution in [1.82, 2.24) is 4.90 Å². The Kier molecular flexibility index (Phi) is 13.1. The van der Waals surface area contributed by atoms with E-state index in [1.54, 1.807) is 13.8 Å². The third-order valence-corrected chi connectivity index (χ3v) is 3.72. The van der Waals surface area contributed by atoms with E-state index in [0.29, 0.717) is 6.61 Å². The van der Waals surface area contributed by atoms with Crippen molar-refractivity contribution in [2.24, 2.45) is 5.92 Å². The first-order valence-corrected chi connectivity index (χ1v) is 8.88. The Morgan fingerprint density at radius 2 is 1.46 bits per heavy atom. The number of rotatable bonds is 14. The number of carbonyl (C=O) groups excluding carboxylic acids is 3. The molecule has 0 N–H and O–H groups in total. The monoisotopic (exact) mass is 343 g/mol. The van der Waals surface area contributed by atoms with Crippen LogP contribution in [0.5, 0.6) is 0 Å². The summed E-state index contributed by atoms with van der Waals surface area (Å²) < 4.78 is 9.80. The Hall–Kier alpha value is -1.43. The third-order valence-electron chi connectivity index (χ3n) is 3.72. The first-order valence-electron chi connectivity index (χ1n) is 8.88. The van der Waals surface area contributed by atoms with Gasteiger partial charge >= 0.3 is 11.9 Å². The SMILES string of the molecule is CCCCCCCCOC(=O)CN(CC(=O)OC)CC(=O)C(C)C. The molecule has 0 atom stereocenters. The molecule has 6 heteroatoms. The van der Waals surface area contributed by atoms with Crippen LogP contribution in [0.25, 0.3) is 0 Å². The third kappa shape index (κ3) is 12.0. The van der Waals surface area contributed by atoms with Gasteiger partial charge in [0.15, 0.2) is 0 Å². The molecule has 0 bridgehead atoms. The van der Waals surface area contributed by atoms with Gasteiger partial charge < -0.3 is 9.47 Å². The second-order valence-electron chi connectivity index (χ2n) is 6.33. The van der Waals surface area contributed by atoms with Gasteiger partial charge in [-0.25, -0.2) is 0 Å². The standard InChI is InChI=1S/C18H33NO5/c1-5-6-7-8-9-10-11-24-18(22)14-19(13-17(21)23-4)12-16(20)15(2)3/h15H,5-14H2,1-4H3. The highest BCUT2D eigenvalue weighted by Crippen LogP contribution is 2.05. The van der Waals surface area contributed by atoms with Gasteiger partial charge in [-0.15, -0.1) is 0 Å². The highest BCUT2D eigenvalue weighted by molar-refractivity contribution is 5.84. The maximum absolute atomic E-state index is 11.9. The summed E-state index contributed by atoms with van der Waals surface area (Å²) in [5.41, 5.74) is 0. The molecule has 0 fully saturated rings. The second-order valence-corrected chi connectivity index (χ2v) is 6.33. The Balaban J connectivity index is 4.14. The van der Waals surface area contributed by atoms with Crippen molar-refractivity contribution in [2.75, 3.05) is 33.4 Å². The molecule has 0 rings (SSSR count). The lowest BCUT2D eigenvalue weighted by Gasteiger charge is -2.20. The number of hydrogen-bond donors (Lipinski definition) is 0. The Morgan fingerprint density at radius 1 is 0.875 bits per heavy atom. The van der Waals surface area contributed by atoms with Crippen LogP contribution in [0, 0.1) is 5.92 Å². The fourth-order valence-corrected chi connectivity index (χ4v) is 2.11. The molecular weight excluding hydrogens is 310 g/mol. The van der Waals surface area contributed by atoms with E-state index in [4.69, 9.17) is 4.74 Å². The van der Waals surface area contributed by atoms with Crippen molar-refractivity contribution < 1.29 is 23.9 Å². The fourth-order valence-electron chi connectivity index (χ4n) is 2.11. The molecule has 0 aliphatic carbocycles. The molecule has 0 saturated carbocycles. The van der Waals surface area contributed by atoms with E-state index in [1.165, 1.54) is 31.3 Å². The smallest absolute Gasteiger partial charge is 0.320 e. The molecule has 0 aliphatic heterocycles. The van der Waals surface area contributed by atoms with Gasteiger partial charge in [0.1, 0.15) is 5.78 Å². The van der Waals surface area contributed by atoms with Crippen molar-refractivity contribution >= 4 is 17.7 Å². The average molecular weight is 343 g/mol. The molecule has 0 radical (unpaired) electrons. The number of hydrogen-bond acceptors (Lipinski definition) is 6. The van der Waals surface area contributed by atoms with Crippen molar-refractivity contribution in [3.8, 4) is 0 Å². The zero-order valence-electron chi connectivity index (χ0n) is 15.6. The van der Waals surface area contributed by atoms with E-state index in [9.17, 15) is 14.4 Å². The zero-order valence-corrected chi connectivity index (χ0v) is 15.6. The van der Waals surface area contributed by atoms with Gasteiger partial charge in [0.25, 0.3) is 0 Å². The van der Waals surface area contributed by atoms with Crippen LogP contribution in [0.15, 0.2) is 0 Å². The van der Waals surface area contributed by atoms with Crippen LogP contribution in [-0.2, 0) is 23.9 Å². The largest absolute Gasteiger partial charge is 0.468 e. The van der Waals surface area contributed by atoms with Gasteiger partial charge in [-0.3, -0.25) is 19.3 Å². The minimum absolute atomic E-state index is 0.0253. The normalized spacial score (nSPS) is 10.9. The van der Waals surface area contributed by atoms with Crippen LogP contribution < -0.4 is 0 Å². The Morgan fingerprint density at radius 3 is 2.04 bits per heavy atom. The zero-order chi connectivity index (χ0) is 18.4. The summed E-state index contributed by atoms with van der Waals surface area (Å²) in [7, 11) is 1.28. The molecular formula is C18H33NO5. The number of methoxy groups -OCH3 is 1. The van der Waals surface area contributed by atoms with Gasteiger partial charge in [0, 0.05) is 5.92 Å². The highest BCUT2D eigenvalue weighted by Gasteiger charge is 2.20. The number of ketones is 1. The number of carbonyl (C=O) groups is 3. The van der Waals surface area contributed by atoms with Crippen LogP contribution in [-0.4, -0.2) is 56.0 Å². The molecule has 24 heavy (non-hydrogen) atoms. The van der Waals surface area contributed by atoms with Crippen LogP contribution in [0.1, 0.15) is 59.3 Å². The maximum Gasteiger partial charge on any atom is 0.320 e. The Labute approximate surface area is 145 Å². The molecule has 0 amide bonds. The van der Waals surface area contributed by atoms with Crippen molar-refractivity contribution in [1.29, 1.82) is 0 Å². The number of unbranched alkanes of at least 4 members (excludes halogenated alkanes) is 5. The van der Waals surface area contributed by atoms with Gasteiger partial charge in [-0.1, -0.05) is 52.9 Å². The molecule has 0 saturated heterocycles. The fraction of sp³-hybridized carbons (Fsp3) is 0.833. The van der Waals surface area contributed by atoms with Crippen LogP contribution >= 0.6 is 0 Å². The molecule has 140 valence electrons. The topological polar surface area (TPSA) is 72.9 Å². The summed E-state index contributed by atoms with van der Waals surface area (Å²) in [6.45, 7) is 6.00. The van der Waals surface area contributed by atoms with E-state index >= 15 is 0 Å². The van der Waals surface area contributed by atoms with Crippen molar-refractivity contribution in [3.63, 3.8) is 0 Å². The summed E-state index contributed by atoms with van der Waals surface area (Å²) in [4.78, 5) is 36.6. The maximum atomic E-state index is 11.9. The minimum Gasteiger partial charge on any atom is -0.468 e. The molecule has 0 aromatic rings. The number of nitrogens with zero attached hydrogens (tertiary/aromatic N) is 1. The van der Waals surface area contributed by atoms with Crippen LogP contribution in [0.4, 0.5) is 0 Å². The lowest BCUT2D eigenvalue weighted by molar-refractivity contribution is -0.147. The molecule has 6 nitrogen and oxygen atoms in total. The van der Waals surface area contributed by atoms with E-state index < -0.39 is 11.9 Å². The molecule has 0 heterocycles. The van der Waals surface area contributed by atoms with E-state index in [-0.39, 0.29) is 31.3 Å². The number of esters is 2.